The van der Waals surface area contributed by atoms with Gasteiger partial charge < -0.3 is 18.9 Å². The molecule has 1 saturated heterocycles. The standard InChI is InChI=1S/C22H29N7O3/c1-21(2,3)16-8-17(25-32-16)24-20(31)27(5)14-9-22(10-14)12-28(13-22)19(30)15-11-23-29-7-6-26(4)18(15)29/h6-8,11,14H,9-10,12-13H2,1-5H3,(H,24,25,31). The lowest BCUT2D eigenvalue weighted by atomic mass is 9.60. The van der Waals surface area contributed by atoms with Crippen molar-refractivity contribution >= 4 is 23.4 Å². The average Bonchev–Trinajstić information content (AvgIpc) is 3.36. The monoisotopic (exact) mass is 439 g/mol. The van der Waals surface area contributed by atoms with Crippen molar-refractivity contribution in [2.75, 3.05) is 25.5 Å². The van der Waals surface area contributed by atoms with Crippen LogP contribution in [0.4, 0.5) is 10.6 Å². The van der Waals surface area contributed by atoms with Crippen molar-refractivity contribution in [1.29, 1.82) is 0 Å². The second kappa shape index (κ2) is 6.85. The van der Waals surface area contributed by atoms with E-state index in [0.717, 1.165) is 37.3 Å². The first-order chi connectivity index (χ1) is 15.1. The predicted octanol–water partition coefficient (Wildman–Crippen LogP) is 2.73. The molecule has 0 atom stereocenters. The number of aryl methyl sites for hydroxylation is 1. The Labute approximate surface area is 186 Å². The highest BCUT2D eigenvalue weighted by atomic mass is 16.5. The molecule has 1 saturated carbocycles. The van der Waals surface area contributed by atoms with Crippen molar-refractivity contribution in [2.24, 2.45) is 12.5 Å². The van der Waals surface area contributed by atoms with Crippen molar-refractivity contribution < 1.29 is 14.1 Å². The zero-order valence-electron chi connectivity index (χ0n) is 19.1. The number of rotatable bonds is 3. The number of hydrogen-bond donors (Lipinski definition) is 1. The molecule has 3 aromatic heterocycles. The van der Waals surface area contributed by atoms with Gasteiger partial charge in [0.25, 0.3) is 5.91 Å². The fraction of sp³-hybridized carbons (Fsp3) is 0.545. The summed E-state index contributed by atoms with van der Waals surface area (Å²) in [4.78, 5) is 29.2. The van der Waals surface area contributed by atoms with Crippen LogP contribution in [-0.2, 0) is 12.5 Å². The van der Waals surface area contributed by atoms with E-state index in [0.29, 0.717) is 11.4 Å². The van der Waals surface area contributed by atoms with E-state index in [-0.39, 0.29) is 28.8 Å². The summed E-state index contributed by atoms with van der Waals surface area (Å²) in [5, 5.41) is 11.0. The van der Waals surface area contributed by atoms with E-state index in [1.165, 1.54) is 0 Å². The Bertz CT molecular complexity index is 1180. The first-order valence-corrected chi connectivity index (χ1v) is 10.9. The molecular weight excluding hydrogens is 410 g/mol. The van der Waals surface area contributed by atoms with Gasteiger partial charge in [-0.05, 0) is 12.8 Å². The van der Waals surface area contributed by atoms with Gasteiger partial charge in [0.15, 0.2) is 5.82 Å². The molecule has 1 spiro atoms. The van der Waals surface area contributed by atoms with Crippen molar-refractivity contribution in [2.45, 2.75) is 45.1 Å². The zero-order chi connectivity index (χ0) is 22.8. The lowest BCUT2D eigenvalue weighted by molar-refractivity contribution is -0.0787. The van der Waals surface area contributed by atoms with Gasteiger partial charge >= 0.3 is 6.03 Å². The smallest absolute Gasteiger partial charge is 0.323 e. The molecule has 10 heteroatoms. The number of likely N-dealkylation sites (tertiary alicyclic amines) is 1. The second-order valence-electron chi connectivity index (χ2n) is 10.3. The van der Waals surface area contributed by atoms with Crippen molar-refractivity contribution in [3.63, 3.8) is 0 Å². The van der Waals surface area contributed by atoms with Crippen LogP contribution in [-0.4, -0.2) is 67.3 Å². The fourth-order valence-corrected chi connectivity index (χ4v) is 4.80. The Morgan fingerprint density at radius 1 is 1.25 bits per heavy atom. The van der Waals surface area contributed by atoms with Gasteiger partial charge in [-0.15, -0.1) is 0 Å². The number of fused-ring (bicyclic) bond motifs is 1. The van der Waals surface area contributed by atoms with E-state index in [1.807, 2.05) is 49.7 Å². The van der Waals surface area contributed by atoms with Crippen LogP contribution in [0, 0.1) is 5.41 Å². The molecule has 1 aliphatic carbocycles. The van der Waals surface area contributed by atoms with Crippen LogP contribution in [0.25, 0.3) is 5.65 Å². The van der Waals surface area contributed by atoms with Crippen LogP contribution in [0.1, 0.15) is 49.7 Å². The summed E-state index contributed by atoms with van der Waals surface area (Å²) in [6.45, 7) is 7.53. The van der Waals surface area contributed by atoms with Crippen molar-refractivity contribution in [3.05, 3.63) is 36.0 Å². The molecule has 0 bridgehead atoms. The van der Waals surface area contributed by atoms with Crippen LogP contribution < -0.4 is 5.32 Å². The summed E-state index contributed by atoms with van der Waals surface area (Å²) in [5.74, 6) is 1.17. The number of carbonyl (C=O) groups is 2. The highest BCUT2D eigenvalue weighted by Gasteiger charge is 2.55. The molecule has 3 aromatic rings. The number of urea groups is 1. The molecule has 1 aliphatic heterocycles. The molecular formula is C22H29N7O3. The number of aromatic nitrogens is 4. The summed E-state index contributed by atoms with van der Waals surface area (Å²) in [5.41, 5.74) is 1.38. The number of nitrogens with zero attached hydrogens (tertiary/aromatic N) is 6. The van der Waals surface area contributed by atoms with Crippen LogP contribution in [0.3, 0.4) is 0 Å². The average molecular weight is 440 g/mol. The Hall–Kier alpha value is -3.30. The second-order valence-corrected chi connectivity index (χ2v) is 10.3. The maximum Gasteiger partial charge on any atom is 0.323 e. The molecule has 1 N–H and O–H groups in total. The molecule has 0 radical (unpaired) electrons. The Kier molecular flexibility index (Phi) is 4.41. The van der Waals surface area contributed by atoms with E-state index >= 15 is 0 Å². The van der Waals surface area contributed by atoms with Crippen LogP contribution >= 0.6 is 0 Å². The number of anilines is 1. The number of hydrogen-bond acceptors (Lipinski definition) is 5. The fourth-order valence-electron chi connectivity index (χ4n) is 4.80. The SMILES string of the molecule is CN(C(=O)Nc1cc(C(C)(C)C)on1)C1CC2(C1)CN(C(=O)c1cnn3ccn(C)c13)C2. The van der Waals surface area contributed by atoms with Gasteiger partial charge in [-0.3, -0.25) is 10.1 Å². The maximum absolute atomic E-state index is 12.9. The van der Waals surface area contributed by atoms with Gasteiger partial charge in [-0.25, -0.2) is 9.31 Å². The molecule has 0 aromatic carbocycles. The molecule has 0 unspecified atom stereocenters. The van der Waals surface area contributed by atoms with E-state index in [9.17, 15) is 9.59 Å². The Balaban J connectivity index is 1.14. The molecule has 32 heavy (non-hydrogen) atoms. The highest BCUT2D eigenvalue weighted by Crippen LogP contribution is 2.50. The number of imidazole rings is 1. The third kappa shape index (κ3) is 3.25. The van der Waals surface area contributed by atoms with E-state index in [2.05, 4.69) is 15.6 Å². The van der Waals surface area contributed by atoms with Gasteiger partial charge in [0.05, 0.1) is 6.20 Å². The van der Waals surface area contributed by atoms with E-state index in [4.69, 9.17) is 4.52 Å². The predicted molar refractivity (Wildman–Crippen MR) is 118 cm³/mol. The molecule has 2 fully saturated rings. The molecule has 3 amide bonds. The van der Waals surface area contributed by atoms with Crippen LogP contribution in [0.2, 0.25) is 0 Å². The third-order valence-electron chi connectivity index (χ3n) is 6.79. The minimum absolute atomic E-state index is 0.0163. The summed E-state index contributed by atoms with van der Waals surface area (Å²) < 4.78 is 8.96. The van der Waals surface area contributed by atoms with Gasteiger partial charge in [-0.1, -0.05) is 25.9 Å². The summed E-state index contributed by atoms with van der Waals surface area (Å²) in [6, 6.07) is 1.72. The van der Waals surface area contributed by atoms with Gasteiger partial charge in [0.1, 0.15) is 17.0 Å². The molecule has 10 nitrogen and oxygen atoms in total. The Morgan fingerprint density at radius 3 is 2.62 bits per heavy atom. The number of carbonyl (C=O) groups excluding carboxylic acids is 2. The van der Waals surface area contributed by atoms with Crippen LogP contribution in [0.15, 0.2) is 29.2 Å². The third-order valence-corrected chi connectivity index (χ3v) is 6.79. The van der Waals surface area contributed by atoms with Crippen molar-refractivity contribution in [3.8, 4) is 0 Å². The normalized spacial score (nSPS) is 18.0. The lowest BCUT2D eigenvalue weighted by Crippen LogP contribution is -2.67. The van der Waals surface area contributed by atoms with Crippen molar-refractivity contribution in [1.82, 2.24) is 29.1 Å². The quantitative estimate of drug-likeness (QED) is 0.676. The molecule has 170 valence electrons. The van der Waals surface area contributed by atoms with Gasteiger partial charge in [0.2, 0.25) is 0 Å². The van der Waals surface area contributed by atoms with E-state index < -0.39 is 0 Å². The van der Waals surface area contributed by atoms with Crippen LogP contribution in [0.5, 0.6) is 0 Å². The topological polar surface area (TPSA) is 101 Å². The van der Waals surface area contributed by atoms with Gasteiger partial charge in [-0.2, -0.15) is 5.10 Å². The zero-order valence-corrected chi connectivity index (χ0v) is 19.1. The Morgan fingerprint density at radius 2 is 1.97 bits per heavy atom. The minimum Gasteiger partial charge on any atom is -0.359 e. The lowest BCUT2D eigenvalue weighted by Gasteiger charge is -2.60. The van der Waals surface area contributed by atoms with E-state index in [1.54, 1.807) is 28.7 Å². The number of amides is 3. The summed E-state index contributed by atoms with van der Waals surface area (Å²) in [6.07, 6.45) is 7.14. The molecule has 5 rings (SSSR count). The molecule has 2 aliphatic rings. The van der Waals surface area contributed by atoms with Gasteiger partial charge in [0, 0.05) is 62.5 Å². The summed E-state index contributed by atoms with van der Waals surface area (Å²) >= 11 is 0. The largest absolute Gasteiger partial charge is 0.359 e. The minimum atomic E-state index is -0.197. The molecule has 4 heterocycles. The first-order valence-electron chi connectivity index (χ1n) is 10.9. The first kappa shape index (κ1) is 20.6. The highest BCUT2D eigenvalue weighted by molar-refractivity contribution is 6.00. The number of nitrogens with one attached hydrogen (secondary N) is 1. The summed E-state index contributed by atoms with van der Waals surface area (Å²) in [7, 11) is 3.71. The maximum atomic E-state index is 12.9.